The Labute approximate surface area is 126 Å². The quantitative estimate of drug-likeness (QED) is 0.775. The van der Waals surface area contributed by atoms with E-state index in [4.69, 9.17) is 12.2 Å². The SMILES string of the molecule is Cc1cccc(N2N[C@]3(CCC[C@H](C)C3)NC2=S)c1C. The molecule has 2 atom stereocenters. The van der Waals surface area contributed by atoms with Gasteiger partial charge in [0.2, 0.25) is 0 Å². The summed E-state index contributed by atoms with van der Waals surface area (Å²) in [6.45, 7) is 6.63. The number of hydrogen-bond donors (Lipinski definition) is 2. The van der Waals surface area contributed by atoms with Gasteiger partial charge in [0.1, 0.15) is 5.66 Å². The van der Waals surface area contributed by atoms with Crippen LogP contribution in [0.1, 0.15) is 43.7 Å². The molecule has 20 heavy (non-hydrogen) atoms. The summed E-state index contributed by atoms with van der Waals surface area (Å²) in [4.78, 5) is 0. The standard InChI is InChI=1S/C16H23N3S/c1-11-6-5-9-16(10-11)17-15(20)19(18-16)14-8-4-7-12(2)13(14)3/h4,7-8,11,18H,5-6,9-10H2,1-3H3,(H,17,20)/t11-,16-/m0/s1. The van der Waals surface area contributed by atoms with Crippen molar-refractivity contribution >= 4 is 23.0 Å². The average Bonchev–Trinajstić information content (AvgIpc) is 2.69. The third kappa shape index (κ3) is 2.31. The predicted octanol–water partition coefficient (Wildman–Crippen LogP) is 3.41. The summed E-state index contributed by atoms with van der Waals surface area (Å²) < 4.78 is 0. The van der Waals surface area contributed by atoms with Crippen LogP contribution >= 0.6 is 12.2 Å². The van der Waals surface area contributed by atoms with Crippen molar-refractivity contribution < 1.29 is 0 Å². The van der Waals surface area contributed by atoms with Gasteiger partial charge in [-0.1, -0.05) is 25.5 Å². The first-order valence-corrected chi connectivity index (χ1v) is 7.88. The Hall–Kier alpha value is -1.13. The van der Waals surface area contributed by atoms with E-state index in [1.54, 1.807) is 0 Å². The number of nitrogens with zero attached hydrogens (tertiary/aromatic N) is 1. The number of hydrazine groups is 1. The first kappa shape index (κ1) is 13.8. The third-order valence-electron chi connectivity index (χ3n) is 4.69. The minimum absolute atomic E-state index is 0.0368. The molecular weight excluding hydrogens is 266 g/mol. The topological polar surface area (TPSA) is 27.3 Å². The lowest BCUT2D eigenvalue weighted by Gasteiger charge is -2.36. The summed E-state index contributed by atoms with van der Waals surface area (Å²) >= 11 is 5.57. The van der Waals surface area contributed by atoms with E-state index < -0.39 is 0 Å². The normalized spacial score (nSPS) is 29.9. The van der Waals surface area contributed by atoms with Crippen LogP contribution in [0.15, 0.2) is 18.2 Å². The van der Waals surface area contributed by atoms with Crippen LogP contribution < -0.4 is 15.8 Å². The molecule has 0 aromatic heterocycles. The van der Waals surface area contributed by atoms with Gasteiger partial charge in [-0.2, -0.15) is 0 Å². The van der Waals surface area contributed by atoms with Crippen LogP contribution in [0.2, 0.25) is 0 Å². The van der Waals surface area contributed by atoms with Crippen LogP contribution in [0.3, 0.4) is 0 Å². The minimum atomic E-state index is -0.0368. The maximum atomic E-state index is 5.57. The fourth-order valence-corrected chi connectivity index (χ4v) is 3.81. The van der Waals surface area contributed by atoms with Crippen molar-refractivity contribution in [1.29, 1.82) is 0 Å². The van der Waals surface area contributed by atoms with Crippen LogP contribution in [0, 0.1) is 19.8 Å². The fraction of sp³-hybridized carbons (Fsp3) is 0.562. The van der Waals surface area contributed by atoms with Gasteiger partial charge in [-0.05, 0) is 68.4 Å². The van der Waals surface area contributed by atoms with Crippen molar-refractivity contribution in [3.05, 3.63) is 29.3 Å². The molecule has 108 valence electrons. The molecule has 4 heteroatoms. The number of benzene rings is 1. The zero-order chi connectivity index (χ0) is 14.3. The lowest BCUT2D eigenvalue weighted by atomic mass is 9.83. The molecule has 0 bridgehead atoms. The van der Waals surface area contributed by atoms with Crippen molar-refractivity contribution in [1.82, 2.24) is 10.7 Å². The van der Waals surface area contributed by atoms with Gasteiger partial charge in [0.05, 0.1) is 5.69 Å². The number of nitrogens with one attached hydrogen (secondary N) is 2. The molecule has 2 fully saturated rings. The molecule has 3 rings (SSSR count). The summed E-state index contributed by atoms with van der Waals surface area (Å²) in [6.07, 6.45) is 4.85. The summed E-state index contributed by atoms with van der Waals surface area (Å²) in [5, 5.41) is 6.41. The van der Waals surface area contributed by atoms with E-state index in [1.165, 1.54) is 24.0 Å². The van der Waals surface area contributed by atoms with E-state index in [0.29, 0.717) is 0 Å². The summed E-state index contributed by atoms with van der Waals surface area (Å²) in [7, 11) is 0. The number of aryl methyl sites for hydroxylation is 1. The number of rotatable bonds is 1. The Morgan fingerprint density at radius 1 is 1.35 bits per heavy atom. The van der Waals surface area contributed by atoms with E-state index >= 15 is 0 Å². The second-order valence-electron chi connectivity index (χ2n) is 6.38. The molecule has 2 aliphatic rings. The Kier molecular flexibility index (Phi) is 3.46. The Morgan fingerprint density at radius 2 is 2.15 bits per heavy atom. The summed E-state index contributed by atoms with van der Waals surface area (Å²) in [5.41, 5.74) is 7.36. The van der Waals surface area contributed by atoms with Gasteiger partial charge < -0.3 is 5.32 Å². The number of anilines is 1. The molecule has 1 aliphatic carbocycles. The molecule has 0 radical (unpaired) electrons. The highest BCUT2D eigenvalue weighted by molar-refractivity contribution is 7.80. The zero-order valence-electron chi connectivity index (χ0n) is 12.5. The highest BCUT2D eigenvalue weighted by Crippen LogP contribution is 2.35. The fourth-order valence-electron chi connectivity index (χ4n) is 3.47. The average molecular weight is 289 g/mol. The monoisotopic (exact) mass is 289 g/mol. The molecule has 1 heterocycles. The van der Waals surface area contributed by atoms with E-state index in [1.807, 2.05) is 0 Å². The van der Waals surface area contributed by atoms with Crippen LogP contribution in [0.5, 0.6) is 0 Å². The first-order chi connectivity index (χ1) is 9.51. The maximum absolute atomic E-state index is 5.57. The minimum Gasteiger partial charge on any atom is -0.342 e. The van der Waals surface area contributed by atoms with Gasteiger partial charge in [0.15, 0.2) is 5.11 Å². The first-order valence-electron chi connectivity index (χ1n) is 7.47. The second-order valence-corrected chi connectivity index (χ2v) is 6.77. The Bertz CT molecular complexity index is 543. The lowest BCUT2D eigenvalue weighted by Crippen LogP contribution is -2.54. The number of hydrogen-bond acceptors (Lipinski definition) is 2. The van der Waals surface area contributed by atoms with Crippen molar-refractivity contribution in [2.75, 3.05) is 5.01 Å². The smallest absolute Gasteiger partial charge is 0.189 e. The summed E-state index contributed by atoms with van der Waals surface area (Å²) in [6, 6.07) is 6.37. The highest BCUT2D eigenvalue weighted by atomic mass is 32.1. The molecule has 2 N–H and O–H groups in total. The molecule has 3 nitrogen and oxygen atoms in total. The van der Waals surface area contributed by atoms with Crippen LogP contribution in [0.25, 0.3) is 0 Å². The van der Waals surface area contributed by atoms with E-state index in [9.17, 15) is 0 Å². The zero-order valence-corrected chi connectivity index (χ0v) is 13.3. The van der Waals surface area contributed by atoms with E-state index in [-0.39, 0.29) is 5.66 Å². The molecule has 1 saturated heterocycles. The molecule has 0 amide bonds. The van der Waals surface area contributed by atoms with Crippen LogP contribution in [-0.2, 0) is 0 Å². The molecule has 1 saturated carbocycles. The lowest BCUT2D eigenvalue weighted by molar-refractivity contribution is 0.191. The summed E-state index contributed by atoms with van der Waals surface area (Å²) in [5.74, 6) is 0.741. The van der Waals surface area contributed by atoms with E-state index in [2.05, 4.69) is 54.7 Å². The van der Waals surface area contributed by atoms with Crippen LogP contribution in [0.4, 0.5) is 5.69 Å². The predicted molar refractivity (Wildman–Crippen MR) is 87.6 cm³/mol. The maximum Gasteiger partial charge on any atom is 0.189 e. The van der Waals surface area contributed by atoms with Gasteiger partial charge in [0.25, 0.3) is 0 Å². The van der Waals surface area contributed by atoms with Crippen LogP contribution in [-0.4, -0.2) is 10.8 Å². The van der Waals surface area contributed by atoms with E-state index in [0.717, 1.165) is 29.6 Å². The largest absolute Gasteiger partial charge is 0.342 e. The molecular formula is C16H23N3S. The molecule has 0 unspecified atom stereocenters. The van der Waals surface area contributed by atoms with Gasteiger partial charge in [0, 0.05) is 0 Å². The molecule has 1 aromatic carbocycles. The molecule has 1 aromatic rings. The van der Waals surface area contributed by atoms with Crippen molar-refractivity contribution in [3.8, 4) is 0 Å². The van der Waals surface area contributed by atoms with Crippen molar-refractivity contribution in [2.45, 2.75) is 52.1 Å². The Morgan fingerprint density at radius 3 is 2.90 bits per heavy atom. The highest BCUT2D eigenvalue weighted by Gasteiger charge is 2.43. The number of thiocarbonyl (C=S) groups is 1. The van der Waals surface area contributed by atoms with Gasteiger partial charge >= 0.3 is 0 Å². The van der Waals surface area contributed by atoms with Gasteiger partial charge in [-0.15, -0.1) is 0 Å². The molecule has 1 aliphatic heterocycles. The third-order valence-corrected chi connectivity index (χ3v) is 4.97. The van der Waals surface area contributed by atoms with Crippen molar-refractivity contribution in [3.63, 3.8) is 0 Å². The van der Waals surface area contributed by atoms with Gasteiger partial charge in [-0.3, -0.25) is 0 Å². The van der Waals surface area contributed by atoms with Crippen molar-refractivity contribution in [2.24, 2.45) is 5.92 Å². The Balaban J connectivity index is 1.89. The van der Waals surface area contributed by atoms with Gasteiger partial charge in [-0.25, -0.2) is 10.4 Å². The molecule has 1 spiro atoms. The second kappa shape index (κ2) is 5.01.